The fourth-order valence-corrected chi connectivity index (χ4v) is 6.66. The van der Waals surface area contributed by atoms with Crippen molar-refractivity contribution in [2.45, 2.75) is 38.0 Å². The molecule has 2 aliphatic heterocycles. The first-order valence-electron chi connectivity index (χ1n) is 15.0. The van der Waals surface area contributed by atoms with Crippen molar-refractivity contribution in [3.63, 3.8) is 0 Å². The van der Waals surface area contributed by atoms with Crippen LogP contribution in [0.2, 0.25) is 0 Å². The molecule has 3 heterocycles. The molecule has 3 aromatic carbocycles. The Morgan fingerprint density at radius 3 is 2.48 bits per heavy atom. The van der Waals surface area contributed by atoms with Gasteiger partial charge in [-0.05, 0) is 61.2 Å². The van der Waals surface area contributed by atoms with Crippen molar-refractivity contribution < 1.29 is 27.0 Å². The van der Waals surface area contributed by atoms with Crippen LogP contribution in [-0.2, 0) is 23.9 Å². The Balaban J connectivity index is 1.30. The predicted molar refractivity (Wildman–Crippen MR) is 161 cm³/mol. The molecule has 0 N–H and O–H groups in total. The number of halogens is 4. The zero-order valence-electron chi connectivity index (χ0n) is 24.7. The normalized spacial score (nSPS) is 17.9. The van der Waals surface area contributed by atoms with Crippen molar-refractivity contribution in [1.82, 2.24) is 14.0 Å². The number of methoxy groups -OCH3 is 1. The van der Waals surface area contributed by atoms with Gasteiger partial charge in [-0.3, -0.25) is 14.0 Å². The first-order chi connectivity index (χ1) is 21.3. The fourth-order valence-electron chi connectivity index (χ4n) is 6.66. The number of nitrogens with zero attached hydrogens (tertiary/aromatic N) is 4. The minimum absolute atomic E-state index is 0.00631. The molecule has 0 aliphatic carbocycles. The molecule has 0 bridgehead atoms. The molecular formula is C33H36F4N4O3. The van der Waals surface area contributed by atoms with Crippen molar-refractivity contribution in [3.05, 3.63) is 93.7 Å². The van der Waals surface area contributed by atoms with Crippen molar-refractivity contribution in [1.29, 1.82) is 0 Å². The number of anilines is 1. The largest absolute Gasteiger partial charge is 0.494 e. The second-order valence-electron chi connectivity index (χ2n) is 11.4. The average molecular weight is 613 g/mol. The van der Waals surface area contributed by atoms with Crippen molar-refractivity contribution in [3.8, 4) is 5.75 Å². The third-order valence-corrected chi connectivity index (χ3v) is 8.75. The van der Waals surface area contributed by atoms with E-state index in [9.17, 15) is 18.0 Å². The molecule has 234 valence electrons. The molecule has 0 radical (unpaired) electrons. The van der Waals surface area contributed by atoms with Crippen LogP contribution in [0.25, 0.3) is 11.0 Å². The number of hydrogen-bond donors (Lipinski definition) is 0. The zero-order valence-corrected chi connectivity index (χ0v) is 24.7. The van der Waals surface area contributed by atoms with Gasteiger partial charge < -0.3 is 14.4 Å². The van der Waals surface area contributed by atoms with E-state index in [1.54, 1.807) is 28.8 Å². The molecule has 11 heteroatoms. The predicted octanol–water partition coefficient (Wildman–Crippen LogP) is 5.73. The summed E-state index contributed by atoms with van der Waals surface area (Å²) in [7, 11) is 1.47. The van der Waals surface area contributed by atoms with E-state index >= 15 is 4.39 Å². The van der Waals surface area contributed by atoms with Gasteiger partial charge in [0.25, 0.3) is 0 Å². The highest BCUT2D eigenvalue weighted by Crippen LogP contribution is 2.36. The SMILES string of the molecule is COc1cccc2c1n(Cc1ccccc1C(F)(F)F)c(=O)n2C1CCN(c2c(F)cccc2CCCN2CCOCC2)C1. The van der Waals surface area contributed by atoms with Crippen molar-refractivity contribution in [2.24, 2.45) is 0 Å². The topological polar surface area (TPSA) is 51.9 Å². The number of morpholine rings is 1. The Labute approximate surface area is 253 Å². The number of aryl methyl sites for hydroxylation is 1. The second-order valence-corrected chi connectivity index (χ2v) is 11.4. The van der Waals surface area contributed by atoms with E-state index in [0.717, 1.165) is 57.3 Å². The van der Waals surface area contributed by atoms with Gasteiger partial charge in [-0.2, -0.15) is 13.2 Å². The smallest absolute Gasteiger partial charge is 0.416 e. The van der Waals surface area contributed by atoms with Crippen LogP contribution in [0.3, 0.4) is 0 Å². The summed E-state index contributed by atoms with van der Waals surface area (Å²) in [6, 6.07) is 15.4. The molecule has 7 nitrogen and oxygen atoms in total. The fraction of sp³-hybridized carbons (Fsp3) is 0.424. The standard InChI is InChI=1S/C33H36F4N4O3/c1-43-29-13-5-12-28-31(29)40(21-24-7-2-3-10-26(24)33(35,36)37)32(42)41(28)25-14-16-39(22-25)30-23(8-4-11-27(30)34)9-6-15-38-17-19-44-20-18-38/h2-5,7-8,10-13,25H,6,9,14-22H2,1H3. The van der Waals surface area contributed by atoms with Gasteiger partial charge in [0.2, 0.25) is 0 Å². The molecule has 1 aromatic heterocycles. The third-order valence-electron chi connectivity index (χ3n) is 8.75. The van der Waals surface area contributed by atoms with Gasteiger partial charge in [-0.25, -0.2) is 9.18 Å². The number of rotatable bonds is 9. The van der Waals surface area contributed by atoms with Crippen molar-refractivity contribution >= 4 is 16.7 Å². The second kappa shape index (κ2) is 12.6. The number of benzene rings is 3. The Bertz CT molecular complexity index is 1680. The lowest BCUT2D eigenvalue weighted by Crippen LogP contribution is -2.37. The van der Waals surface area contributed by atoms with E-state index < -0.39 is 17.4 Å². The molecule has 2 fully saturated rings. The van der Waals surface area contributed by atoms with Gasteiger partial charge in [0.1, 0.15) is 17.1 Å². The third kappa shape index (κ3) is 5.95. The monoisotopic (exact) mass is 612 g/mol. The van der Waals surface area contributed by atoms with Crippen LogP contribution in [0, 0.1) is 5.82 Å². The molecule has 44 heavy (non-hydrogen) atoms. The van der Waals surface area contributed by atoms with Crippen LogP contribution in [0.4, 0.5) is 23.2 Å². The maximum Gasteiger partial charge on any atom is 0.416 e. The van der Waals surface area contributed by atoms with E-state index in [1.807, 2.05) is 11.0 Å². The molecular weight excluding hydrogens is 576 g/mol. The molecule has 1 unspecified atom stereocenters. The number of ether oxygens (including phenoxy) is 2. The zero-order chi connectivity index (χ0) is 30.8. The quantitative estimate of drug-likeness (QED) is 0.226. The van der Waals surface area contributed by atoms with Crippen LogP contribution in [-0.4, -0.2) is 67.1 Å². The highest BCUT2D eigenvalue weighted by molar-refractivity contribution is 5.83. The lowest BCUT2D eigenvalue weighted by molar-refractivity contribution is -0.138. The van der Waals surface area contributed by atoms with Crippen LogP contribution in [0.15, 0.2) is 65.5 Å². The lowest BCUT2D eigenvalue weighted by Gasteiger charge is -2.27. The van der Waals surface area contributed by atoms with Gasteiger partial charge in [0, 0.05) is 26.2 Å². The Morgan fingerprint density at radius 2 is 1.70 bits per heavy atom. The summed E-state index contributed by atoms with van der Waals surface area (Å²) in [5.74, 6) is 0.101. The Morgan fingerprint density at radius 1 is 0.955 bits per heavy atom. The van der Waals surface area contributed by atoms with Gasteiger partial charge >= 0.3 is 11.9 Å². The van der Waals surface area contributed by atoms with Gasteiger partial charge in [0.05, 0.1) is 49.7 Å². The van der Waals surface area contributed by atoms with Crippen LogP contribution < -0.4 is 15.3 Å². The van der Waals surface area contributed by atoms with Gasteiger partial charge in [-0.15, -0.1) is 0 Å². The molecule has 0 amide bonds. The summed E-state index contributed by atoms with van der Waals surface area (Å²) < 4.78 is 70.9. The van der Waals surface area contributed by atoms with Crippen LogP contribution in [0.1, 0.15) is 35.6 Å². The summed E-state index contributed by atoms with van der Waals surface area (Å²) in [6.07, 6.45) is -2.37. The molecule has 6 rings (SSSR count). The van der Waals surface area contributed by atoms with Gasteiger partial charge in [-0.1, -0.05) is 36.4 Å². The maximum absolute atomic E-state index is 15.4. The number of fused-ring (bicyclic) bond motifs is 1. The number of aromatic nitrogens is 2. The first-order valence-corrected chi connectivity index (χ1v) is 15.0. The van der Waals surface area contributed by atoms with Crippen molar-refractivity contribution in [2.75, 3.05) is 57.9 Å². The lowest BCUT2D eigenvalue weighted by atomic mass is 10.1. The summed E-state index contributed by atoms with van der Waals surface area (Å²) in [4.78, 5) is 18.4. The number of alkyl halides is 3. The molecule has 2 aliphatic rings. The van der Waals surface area contributed by atoms with E-state index in [2.05, 4.69) is 4.90 Å². The molecule has 0 saturated carbocycles. The van der Waals surface area contributed by atoms with Crippen LogP contribution in [0.5, 0.6) is 5.75 Å². The summed E-state index contributed by atoms with van der Waals surface area (Å²) >= 11 is 0. The van der Waals surface area contributed by atoms with E-state index in [4.69, 9.17) is 9.47 Å². The summed E-state index contributed by atoms with van der Waals surface area (Å²) in [6.45, 7) is 4.85. The van der Waals surface area contributed by atoms with E-state index in [0.29, 0.717) is 42.0 Å². The summed E-state index contributed by atoms with van der Waals surface area (Å²) in [5, 5.41) is 0. The van der Waals surface area contributed by atoms with E-state index in [1.165, 1.54) is 35.9 Å². The van der Waals surface area contributed by atoms with E-state index in [-0.39, 0.29) is 24.0 Å². The van der Waals surface area contributed by atoms with Gasteiger partial charge in [0.15, 0.2) is 0 Å². The first kappa shape index (κ1) is 30.2. The molecule has 1 atom stereocenters. The Kier molecular flexibility index (Phi) is 8.68. The maximum atomic E-state index is 15.4. The summed E-state index contributed by atoms with van der Waals surface area (Å²) in [5.41, 5.74) is 1.29. The molecule has 0 spiro atoms. The Hall–Kier alpha value is -3.83. The highest BCUT2D eigenvalue weighted by atomic mass is 19.4. The number of para-hydroxylation sites is 2. The average Bonchev–Trinajstić information content (AvgIpc) is 3.59. The molecule has 4 aromatic rings. The van der Waals surface area contributed by atoms with Crippen LogP contribution >= 0.6 is 0 Å². The highest BCUT2D eigenvalue weighted by Gasteiger charge is 2.35. The minimum atomic E-state index is -4.56. The number of imidazole rings is 1. The number of hydrogen-bond acceptors (Lipinski definition) is 5. The minimum Gasteiger partial charge on any atom is -0.494 e. The molecule has 2 saturated heterocycles.